The van der Waals surface area contributed by atoms with Crippen molar-refractivity contribution in [1.82, 2.24) is 0 Å². The maximum absolute atomic E-state index is 11.9. The quantitative estimate of drug-likeness (QED) is 0.224. The lowest BCUT2D eigenvalue weighted by molar-refractivity contribution is -0.278. The minimum Gasteiger partial charge on any atom is -0.504 e. The van der Waals surface area contributed by atoms with Crippen LogP contribution in [-0.2, 0) is 14.3 Å². The molecule has 0 spiro atoms. The Kier molecular flexibility index (Phi) is 6.92. The van der Waals surface area contributed by atoms with Gasteiger partial charge in [-0.1, -0.05) is 6.07 Å². The molecule has 1 saturated heterocycles. The number of carbonyl (C=O) groups excluding carboxylic acids is 1. The monoisotopic (exact) mass is 436 g/mol. The summed E-state index contributed by atoms with van der Waals surface area (Å²) >= 11 is 0. The number of phenols is 2. The van der Waals surface area contributed by atoms with E-state index in [0.717, 1.165) is 24.7 Å². The summed E-state index contributed by atoms with van der Waals surface area (Å²) in [5, 5.41) is 48.9. The van der Waals surface area contributed by atoms with Crippen LogP contribution in [0.3, 0.4) is 0 Å². The summed E-state index contributed by atoms with van der Waals surface area (Å²) < 4.78 is 20.4. The lowest BCUT2D eigenvalue weighted by Crippen LogP contribution is -2.60. The van der Waals surface area contributed by atoms with E-state index in [4.69, 9.17) is 18.6 Å². The molecule has 11 heteroatoms. The molecular weight excluding hydrogens is 416 g/mol. The number of carbonyl (C=O) groups is 1. The first kappa shape index (κ1) is 22.3. The van der Waals surface area contributed by atoms with Gasteiger partial charge in [-0.05, 0) is 23.8 Å². The number of esters is 1. The highest BCUT2D eigenvalue weighted by Crippen LogP contribution is 2.26. The number of aliphatic hydroxyl groups is 3. The topological polar surface area (TPSA) is 176 Å². The van der Waals surface area contributed by atoms with Crippen LogP contribution < -0.4 is 10.2 Å². The zero-order chi connectivity index (χ0) is 22.5. The Labute approximate surface area is 175 Å². The fraction of sp³-hybridized carbons (Fsp3) is 0.300. The van der Waals surface area contributed by atoms with Crippen molar-refractivity contribution in [3.63, 3.8) is 0 Å². The van der Waals surface area contributed by atoms with E-state index in [0.29, 0.717) is 5.56 Å². The number of aromatic hydroxyl groups is 2. The van der Waals surface area contributed by atoms with E-state index in [2.05, 4.69) is 0 Å². The van der Waals surface area contributed by atoms with Crippen LogP contribution in [0, 0.1) is 0 Å². The Hall–Kier alpha value is -3.38. The van der Waals surface area contributed by atoms with Crippen LogP contribution in [0.4, 0.5) is 0 Å². The van der Waals surface area contributed by atoms with Crippen molar-refractivity contribution in [2.24, 2.45) is 0 Å². The molecule has 2 heterocycles. The SMILES string of the molecule is O=C(C=Cc1ccc(O)c(O)c1)OCC1OC(Oc2coccc2=O)C(O)C(O)C1O. The Morgan fingerprint density at radius 1 is 1.06 bits per heavy atom. The average Bonchev–Trinajstić information content (AvgIpc) is 2.75. The summed E-state index contributed by atoms with van der Waals surface area (Å²) in [6.07, 6.45) is -3.34. The standard InChI is InChI=1S/C20H20O11/c21-11-3-1-10(7-13(11)23)2-4-16(24)29-9-15-17(25)18(26)19(27)20(31-15)30-14-8-28-6-5-12(14)22/h1-8,15,17-21,23,25-27H,9H2. The Balaban J connectivity index is 1.61. The highest BCUT2D eigenvalue weighted by molar-refractivity contribution is 5.87. The van der Waals surface area contributed by atoms with E-state index in [1.54, 1.807) is 0 Å². The van der Waals surface area contributed by atoms with Crippen LogP contribution in [0.1, 0.15) is 5.56 Å². The number of benzene rings is 1. The first-order valence-corrected chi connectivity index (χ1v) is 9.06. The number of aliphatic hydroxyl groups excluding tert-OH is 3. The second-order valence-corrected chi connectivity index (χ2v) is 6.63. The van der Waals surface area contributed by atoms with Crippen molar-refractivity contribution < 1.29 is 49.0 Å². The fourth-order valence-corrected chi connectivity index (χ4v) is 2.73. The highest BCUT2D eigenvalue weighted by Gasteiger charge is 2.45. The third-order valence-corrected chi connectivity index (χ3v) is 4.43. The molecule has 2 aromatic rings. The summed E-state index contributed by atoms with van der Waals surface area (Å²) in [6.45, 7) is -0.502. The summed E-state index contributed by atoms with van der Waals surface area (Å²) in [7, 11) is 0. The molecule has 1 aromatic carbocycles. The van der Waals surface area contributed by atoms with Gasteiger partial charge in [0.15, 0.2) is 11.5 Å². The number of hydrogen-bond donors (Lipinski definition) is 5. The molecule has 0 amide bonds. The minimum atomic E-state index is -1.70. The maximum atomic E-state index is 11.9. The zero-order valence-electron chi connectivity index (χ0n) is 15.9. The van der Waals surface area contributed by atoms with Crippen LogP contribution in [0.25, 0.3) is 6.08 Å². The predicted octanol–water partition coefficient (Wildman–Crippen LogP) is -0.506. The fourth-order valence-electron chi connectivity index (χ4n) is 2.73. The van der Waals surface area contributed by atoms with E-state index in [1.165, 1.54) is 24.3 Å². The van der Waals surface area contributed by atoms with E-state index >= 15 is 0 Å². The molecule has 166 valence electrons. The summed E-state index contributed by atoms with van der Waals surface area (Å²) in [6, 6.07) is 5.00. The van der Waals surface area contributed by atoms with Gasteiger partial charge in [-0.15, -0.1) is 0 Å². The second-order valence-electron chi connectivity index (χ2n) is 6.63. The van der Waals surface area contributed by atoms with E-state index in [-0.39, 0.29) is 17.2 Å². The van der Waals surface area contributed by atoms with Gasteiger partial charge in [0.1, 0.15) is 37.3 Å². The van der Waals surface area contributed by atoms with Gasteiger partial charge in [-0.25, -0.2) is 4.79 Å². The van der Waals surface area contributed by atoms with Crippen LogP contribution in [-0.4, -0.2) is 68.8 Å². The van der Waals surface area contributed by atoms with Crippen molar-refractivity contribution in [2.45, 2.75) is 30.7 Å². The molecule has 0 aliphatic carbocycles. The van der Waals surface area contributed by atoms with Crippen molar-refractivity contribution in [2.75, 3.05) is 6.61 Å². The Morgan fingerprint density at radius 2 is 1.84 bits per heavy atom. The summed E-state index contributed by atoms with van der Waals surface area (Å²) in [5.41, 5.74) is -0.147. The molecule has 1 aromatic heterocycles. The third-order valence-electron chi connectivity index (χ3n) is 4.43. The van der Waals surface area contributed by atoms with Crippen LogP contribution in [0.2, 0.25) is 0 Å². The van der Waals surface area contributed by atoms with Gasteiger partial charge in [-0.2, -0.15) is 0 Å². The molecule has 0 saturated carbocycles. The van der Waals surface area contributed by atoms with Crippen molar-refractivity contribution in [3.05, 3.63) is 58.7 Å². The van der Waals surface area contributed by atoms with Gasteiger partial charge in [-0.3, -0.25) is 4.79 Å². The summed E-state index contributed by atoms with van der Waals surface area (Å²) in [4.78, 5) is 23.7. The van der Waals surface area contributed by atoms with Crippen molar-refractivity contribution in [3.8, 4) is 17.2 Å². The first-order chi connectivity index (χ1) is 14.8. The van der Waals surface area contributed by atoms with Gasteiger partial charge < -0.3 is 44.2 Å². The van der Waals surface area contributed by atoms with Gasteiger partial charge in [0, 0.05) is 12.1 Å². The summed E-state index contributed by atoms with van der Waals surface area (Å²) in [5.74, 6) is -1.79. The largest absolute Gasteiger partial charge is 0.504 e. The minimum absolute atomic E-state index is 0.286. The van der Waals surface area contributed by atoms with Gasteiger partial charge in [0.25, 0.3) is 0 Å². The molecule has 31 heavy (non-hydrogen) atoms. The lowest BCUT2D eigenvalue weighted by atomic mass is 9.99. The predicted molar refractivity (Wildman–Crippen MR) is 102 cm³/mol. The molecule has 0 radical (unpaired) electrons. The number of hydrogen-bond acceptors (Lipinski definition) is 11. The molecule has 11 nitrogen and oxygen atoms in total. The van der Waals surface area contributed by atoms with Crippen molar-refractivity contribution >= 4 is 12.0 Å². The number of ether oxygens (including phenoxy) is 3. The van der Waals surface area contributed by atoms with Crippen LogP contribution >= 0.6 is 0 Å². The van der Waals surface area contributed by atoms with E-state index in [9.17, 15) is 35.1 Å². The molecule has 5 unspecified atom stereocenters. The molecule has 3 rings (SSSR count). The molecule has 1 aliphatic rings. The molecular formula is C20H20O11. The molecule has 1 fully saturated rings. The molecule has 0 bridgehead atoms. The van der Waals surface area contributed by atoms with Gasteiger partial charge >= 0.3 is 5.97 Å². The number of rotatable bonds is 6. The highest BCUT2D eigenvalue weighted by atomic mass is 16.7. The normalized spacial score (nSPS) is 26.0. The average molecular weight is 436 g/mol. The van der Waals surface area contributed by atoms with Gasteiger partial charge in [0.2, 0.25) is 17.5 Å². The van der Waals surface area contributed by atoms with Gasteiger partial charge in [0.05, 0.1) is 6.26 Å². The van der Waals surface area contributed by atoms with E-state index < -0.39 is 48.7 Å². The Morgan fingerprint density at radius 3 is 2.55 bits per heavy atom. The molecule has 5 atom stereocenters. The van der Waals surface area contributed by atoms with Crippen LogP contribution in [0.15, 0.2) is 52.1 Å². The third kappa shape index (κ3) is 5.41. The molecule has 1 aliphatic heterocycles. The smallest absolute Gasteiger partial charge is 0.330 e. The maximum Gasteiger partial charge on any atom is 0.330 e. The first-order valence-electron chi connectivity index (χ1n) is 9.06. The zero-order valence-corrected chi connectivity index (χ0v) is 15.9. The molecule has 5 N–H and O–H groups in total. The van der Waals surface area contributed by atoms with Crippen LogP contribution in [0.5, 0.6) is 17.2 Å². The Bertz CT molecular complexity index is 999. The number of phenolic OH excluding ortho intramolecular Hbond substituents is 2. The lowest BCUT2D eigenvalue weighted by Gasteiger charge is -2.39. The second kappa shape index (κ2) is 9.62. The van der Waals surface area contributed by atoms with Crippen molar-refractivity contribution in [1.29, 1.82) is 0 Å². The van der Waals surface area contributed by atoms with E-state index in [1.807, 2.05) is 0 Å².